The topological polar surface area (TPSA) is 18.5 Å². The Morgan fingerprint density at radius 3 is 1.92 bits per heavy atom. The lowest BCUT2D eigenvalue weighted by Crippen LogP contribution is -2.13. The molecule has 0 N–H and O–H groups in total. The number of rotatable bonds is 4. The second kappa shape index (κ2) is 6.93. The Morgan fingerprint density at radius 2 is 1.62 bits per heavy atom. The molecule has 0 atom stereocenters. The van der Waals surface area contributed by atoms with Gasteiger partial charge in [-0.2, -0.15) is 0 Å². The molecule has 0 saturated carbocycles. The number of methoxy groups -OCH3 is 2. The fraction of sp³-hybridized carbons (Fsp3) is 0.429. The van der Waals surface area contributed by atoms with Crippen molar-refractivity contribution in [2.75, 3.05) is 14.2 Å². The van der Waals surface area contributed by atoms with E-state index in [4.69, 9.17) is 55.9 Å². The molecule has 0 amide bonds. The summed E-state index contributed by atoms with van der Waals surface area (Å²) in [5.74, 6) is 0. The van der Waals surface area contributed by atoms with Crippen molar-refractivity contribution < 1.29 is 9.47 Å². The van der Waals surface area contributed by atoms with E-state index in [2.05, 4.69) is 0 Å². The average Bonchev–Trinajstić information content (AvgIpc) is 2.17. The number of hydrogen-bond acceptors (Lipinski definition) is 2. The third kappa shape index (κ3) is 4.07. The van der Waals surface area contributed by atoms with Gasteiger partial charge in [0.2, 0.25) is 0 Å². The predicted molar refractivity (Wildman–Crippen MR) is 56.3 cm³/mol. The Hall–Kier alpha value is 0.560. The minimum Gasteiger partial charge on any atom is -0.351 e. The highest BCUT2D eigenvalue weighted by Crippen LogP contribution is 2.28. The maximum atomic E-state index is 5.78. The lowest BCUT2D eigenvalue weighted by molar-refractivity contribution is -0.0700. The zero-order valence-corrected chi connectivity index (χ0v) is 10.0. The van der Waals surface area contributed by atoms with E-state index in [9.17, 15) is 0 Å². The molecule has 0 aromatic rings. The highest BCUT2D eigenvalue weighted by Gasteiger charge is 2.16. The molecule has 2 nitrogen and oxygen atoms in total. The number of ether oxygens (including phenoxy) is 2. The van der Waals surface area contributed by atoms with E-state index >= 15 is 0 Å². The monoisotopic (exact) mass is 264 g/mol. The summed E-state index contributed by atoms with van der Waals surface area (Å²) in [5, 5.41) is 0.382. The molecule has 0 aromatic heterocycles. The van der Waals surface area contributed by atoms with Crippen molar-refractivity contribution in [3.05, 3.63) is 20.6 Å². The first-order chi connectivity index (χ1) is 6.08. The summed E-state index contributed by atoms with van der Waals surface area (Å²) in [6, 6.07) is 0. The van der Waals surface area contributed by atoms with Crippen molar-refractivity contribution in [1.29, 1.82) is 0 Å². The first kappa shape index (κ1) is 13.6. The van der Waals surface area contributed by atoms with Crippen LogP contribution < -0.4 is 0 Å². The lowest BCUT2D eigenvalue weighted by atomic mass is 10.4. The van der Waals surface area contributed by atoms with E-state index in [1.165, 1.54) is 14.2 Å². The summed E-state index contributed by atoms with van der Waals surface area (Å²) >= 11 is 22.5. The molecule has 76 valence electrons. The summed E-state index contributed by atoms with van der Waals surface area (Å²) in [6.45, 7) is 0. The molecule has 0 rings (SSSR count). The SMILES string of the molecule is COC(OC)C(Cl)=C(Cl)C(Cl)=CCl. The lowest BCUT2D eigenvalue weighted by Gasteiger charge is -2.13. The molecule has 13 heavy (non-hydrogen) atoms. The average molecular weight is 266 g/mol. The Kier molecular flexibility index (Phi) is 7.23. The van der Waals surface area contributed by atoms with Crippen molar-refractivity contribution >= 4 is 46.4 Å². The van der Waals surface area contributed by atoms with Gasteiger partial charge in [0, 0.05) is 19.8 Å². The van der Waals surface area contributed by atoms with E-state index in [0.29, 0.717) is 0 Å². The van der Waals surface area contributed by atoms with Crippen molar-refractivity contribution in [2.45, 2.75) is 6.29 Å². The smallest absolute Gasteiger partial charge is 0.195 e. The van der Waals surface area contributed by atoms with Crippen molar-refractivity contribution in [1.82, 2.24) is 0 Å². The van der Waals surface area contributed by atoms with Crippen LogP contribution in [0.25, 0.3) is 0 Å². The third-order valence-corrected chi connectivity index (χ3v) is 2.75. The molecule has 0 unspecified atom stereocenters. The van der Waals surface area contributed by atoms with Gasteiger partial charge < -0.3 is 9.47 Å². The number of hydrogen-bond donors (Lipinski definition) is 0. The van der Waals surface area contributed by atoms with E-state index < -0.39 is 6.29 Å². The molecule has 0 radical (unpaired) electrons. The van der Waals surface area contributed by atoms with Crippen LogP contribution in [0, 0.1) is 0 Å². The maximum Gasteiger partial charge on any atom is 0.195 e. The van der Waals surface area contributed by atoms with Crippen molar-refractivity contribution in [2.24, 2.45) is 0 Å². The second-order valence-corrected chi connectivity index (χ2v) is 3.33. The van der Waals surface area contributed by atoms with Crippen molar-refractivity contribution in [3.63, 3.8) is 0 Å². The summed E-state index contributed by atoms with van der Waals surface area (Å²) in [5.41, 5.74) is 1.11. The second-order valence-electron chi connectivity index (χ2n) is 1.92. The minimum atomic E-state index is -0.737. The summed E-state index contributed by atoms with van der Waals surface area (Å²) in [4.78, 5) is 0. The molecular weight excluding hydrogens is 258 g/mol. The molecule has 0 fully saturated rings. The van der Waals surface area contributed by atoms with Gasteiger partial charge in [0.25, 0.3) is 0 Å². The van der Waals surface area contributed by atoms with Crippen molar-refractivity contribution in [3.8, 4) is 0 Å². The van der Waals surface area contributed by atoms with Gasteiger partial charge in [-0.1, -0.05) is 46.4 Å². The molecule has 0 aliphatic heterocycles. The quantitative estimate of drug-likeness (QED) is 0.571. The molecule has 0 heterocycles. The number of allylic oxidation sites excluding steroid dienone is 2. The molecule has 0 saturated heterocycles. The third-order valence-electron chi connectivity index (χ3n) is 1.15. The zero-order valence-electron chi connectivity index (χ0n) is 6.98. The Bertz CT molecular complexity index is 221. The van der Waals surface area contributed by atoms with Crippen LogP contribution >= 0.6 is 46.4 Å². The molecule has 6 heteroatoms. The van der Waals surface area contributed by atoms with Crippen LogP contribution in [0.1, 0.15) is 0 Å². The van der Waals surface area contributed by atoms with Crippen LogP contribution in [0.3, 0.4) is 0 Å². The van der Waals surface area contributed by atoms with E-state index in [1.54, 1.807) is 0 Å². The van der Waals surface area contributed by atoms with Gasteiger partial charge in [0.15, 0.2) is 6.29 Å². The fourth-order valence-corrected chi connectivity index (χ4v) is 1.31. The summed E-state index contributed by atoms with van der Waals surface area (Å²) < 4.78 is 9.70. The minimum absolute atomic E-state index is 0.104. The van der Waals surface area contributed by atoms with Gasteiger partial charge in [-0.3, -0.25) is 0 Å². The Labute approximate surface area is 97.0 Å². The first-order valence-corrected chi connectivity index (χ1v) is 4.72. The summed E-state index contributed by atoms with van der Waals surface area (Å²) in [7, 11) is 2.86. The maximum absolute atomic E-state index is 5.78. The normalized spacial score (nSPS) is 14.8. The molecule has 0 spiro atoms. The summed E-state index contributed by atoms with van der Waals surface area (Å²) in [6.07, 6.45) is -0.737. The molecule has 0 aromatic carbocycles. The highest BCUT2D eigenvalue weighted by atomic mass is 35.5. The van der Waals surface area contributed by atoms with Crippen LogP contribution in [0.4, 0.5) is 0 Å². The van der Waals surface area contributed by atoms with Crippen LogP contribution in [0.2, 0.25) is 0 Å². The largest absolute Gasteiger partial charge is 0.351 e. The van der Waals surface area contributed by atoms with Crippen LogP contribution in [-0.2, 0) is 9.47 Å². The molecular formula is C7H8Cl4O2. The number of halogens is 4. The fourth-order valence-electron chi connectivity index (χ4n) is 0.569. The van der Waals surface area contributed by atoms with Gasteiger partial charge in [-0.05, 0) is 0 Å². The van der Waals surface area contributed by atoms with E-state index in [1.807, 2.05) is 0 Å². The zero-order chi connectivity index (χ0) is 10.4. The van der Waals surface area contributed by atoms with Crippen LogP contribution in [0.5, 0.6) is 0 Å². The van der Waals surface area contributed by atoms with Gasteiger partial charge in [0.1, 0.15) is 0 Å². The first-order valence-electron chi connectivity index (χ1n) is 3.15. The van der Waals surface area contributed by atoms with Gasteiger partial charge in [-0.15, -0.1) is 0 Å². The van der Waals surface area contributed by atoms with Gasteiger partial charge in [0.05, 0.1) is 15.1 Å². The molecule has 0 aliphatic carbocycles. The standard InChI is InChI=1S/C7H8Cl4O2/c1-12-7(13-2)6(11)5(10)4(9)3-8/h3,7H,1-2H3. The Morgan fingerprint density at radius 1 is 1.15 bits per heavy atom. The molecule has 0 bridgehead atoms. The van der Waals surface area contributed by atoms with Gasteiger partial charge in [-0.25, -0.2) is 0 Å². The molecule has 0 aliphatic rings. The highest BCUT2D eigenvalue weighted by molar-refractivity contribution is 6.49. The van der Waals surface area contributed by atoms with E-state index in [0.717, 1.165) is 5.54 Å². The van der Waals surface area contributed by atoms with E-state index in [-0.39, 0.29) is 15.1 Å². The van der Waals surface area contributed by atoms with Gasteiger partial charge >= 0.3 is 0 Å². The van der Waals surface area contributed by atoms with Crippen LogP contribution in [0.15, 0.2) is 20.6 Å². The van der Waals surface area contributed by atoms with Crippen LogP contribution in [-0.4, -0.2) is 20.5 Å². The predicted octanol–water partition coefficient (Wildman–Crippen LogP) is 3.61. The Balaban J connectivity index is 4.78.